The van der Waals surface area contributed by atoms with Crippen molar-refractivity contribution in [3.8, 4) is 16.3 Å². The van der Waals surface area contributed by atoms with Gasteiger partial charge in [-0.25, -0.2) is 9.37 Å². The molecule has 0 bridgehead atoms. The average Bonchev–Trinajstić information content (AvgIpc) is 3.17. The first-order chi connectivity index (χ1) is 14.5. The largest absolute Gasteiger partial charge is 0.489 e. The first-order valence-corrected chi connectivity index (χ1v) is 11.1. The zero-order valence-electron chi connectivity index (χ0n) is 16.9. The van der Waals surface area contributed by atoms with Gasteiger partial charge in [0.2, 0.25) is 0 Å². The van der Waals surface area contributed by atoms with Gasteiger partial charge in [0.25, 0.3) is 0 Å². The van der Waals surface area contributed by atoms with E-state index in [1.165, 1.54) is 35.5 Å². The molecule has 0 aliphatic heterocycles. The van der Waals surface area contributed by atoms with Crippen LogP contribution in [-0.2, 0) is 24.2 Å². The van der Waals surface area contributed by atoms with Crippen molar-refractivity contribution in [3.63, 3.8) is 0 Å². The molecule has 1 unspecified atom stereocenters. The van der Waals surface area contributed by atoms with Gasteiger partial charge in [-0.05, 0) is 68.0 Å². The molecule has 30 heavy (non-hydrogen) atoms. The number of hydrogen-bond acceptors (Lipinski definition) is 4. The minimum atomic E-state index is -0.832. The van der Waals surface area contributed by atoms with Crippen molar-refractivity contribution in [2.75, 3.05) is 0 Å². The van der Waals surface area contributed by atoms with Crippen molar-refractivity contribution in [2.45, 2.75) is 51.6 Å². The number of carbonyl (C=O) groups is 1. The molecule has 3 aromatic rings. The van der Waals surface area contributed by atoms with Crippen molar-refractivity contribution in [1.82, 2.24) is 4.98 Å². The number of hydrogen-bond donors (Lipinski definition) is 1. The van der Waals surface area contributed by atoms with Crippen LogP contribution < -0.4 is 4.74 Å². The quantitative estimate of drug-likeness (QED) is 0.505. The van der Waals surface area contributed by atoms with E-state index in [9.17, 15) is 14.3 Å². The Hall–Kier alpha value is -2.73. The molecule has 0 saturated carbocycles. The number of rotatable bonds is 7. The lowest BCUT2D eigenvalue weighted by Gasteiger charge is -2.13. The van der Waals surface area contributed by atoms with Gasteiger partial charge in [-0.15, -0.1) is 11.3 Å². The highest BCUT2D eigenvalue weighted by Gasteiger charge is 2.19. The number of benzene rings is 2. The maximum Gasteiger partial charge on any atom is 0.310 e. The Morgan fingerprint density at radius 3 is 2.67 bits per heavy atom. The summed E-state index contributed by atoms with van der Waals surface area (Å²) in [7, 11) is 0. The Morgan fingerprint density at radius 2 is 1.97 bits per heavy atom. The standard InChI is InChI=1S/C24H24FNO3S/c1-2-19(24(27)28)15-7-10-18(11-8-15)29-14-16-13-17(25)9-12-20(16)23-26-21-5-3-4-6-22(21)30-23/h7-13,19H,2-6,14H2,1H3,(H,27,28). The molecule has 1 heterocycles. The van der Waals surface area contributed by atoms with Crippen LogP contribution >= 0.6 is 11.3 Å². The highest BCUT2D eigenvalue weighted by atomic mass is 32.1. The zero-order chi connectivity index (χ0) is 21.1. The fourth-order valence-corrected chi connectivity index (χ4v) is 5.08. The summed E-state index contributed by atoms with van der Waals surface area (Å²) in [4.78, 5) is 17.5. The molecule has 0 radical (unpaired) electrons. The number of aryl methyl sites for hydroxylation is 2. The third kappa shape index (κ3) is 4.38. The number of aromatic nitrogens is 1. The normalized spacial score (nSPS) is 14.2. The van der Waals surface area contributed by atoms with Crippen molar-refractivity contribution in [3.05, 3.63) is 70.0 Å². The van der Waals surface area contributed by atoms with E-state index >= 15 is 0 Å². The monoisotopic (exact) mass is 425 g/mol. The number of nitrogens with zero attached hydrogens (tertiary/aromatic N) is 1. The van der Waals surface area contributed by atoms with E-state index in [1.54, 1.807) is 41.7 Å². The van der Waals surface area contributed by atoms with Crippen molar-refractivity contribution >= 4 is 17.3 Å². The van der Waals surface area contributed by atoms with Crippen LogP contribution in [0.1, 0.15) is 53.8 Å². The highest BCUT2D eigenvalue weighted by Crippen LogP contribution is 2.35. The van der Waals surface area contributed by atoms with Crippen molar-refractivity contribution in [1.29, 1.82) is 0 Å². The van der Waals surface area contributed by atoms with Crippen LogP contribution in [0.15, 0.2) is 42.5 Å². The summed E-state index contributed by atoms with van der Waals surface area (Å²) in [6, 6.07) is 11.8. The zero-order valence-corrected chi connectivity index (χ0v) is 17.7. The van der Waals surface area contributed by atoms with E-state index < -0.39 is 11.9 Å². The van der Waals surface area contributed by atoms with Crippen LogP contribution in [0, 0.1) is 5.82 Å². The van der Waals surface area contributed by atoms with E-state index in [4.69, 9.17) is 9.72 Å². The van der Waals surface area contributed by atoms with E-state index in [0.29, 0.717) is 12.2 Å². The molecule has 0 spiro atoms. The molecule has 0 fully saturated rings. The lowest BCUT2D eigenvalue weighted by molar-refractivity contribution is -0.138. The summed E-state index contributed by atoms with van der Waals surface area (Å²) in [5, 5.41) is 10.2. The molecule has 1 aliphatic carbocycles. The van der Waals surface area contributed by atoms with E-state index in [-0.39, 0.29) is 12.4 Å². The predicted molar refractivity (Wildman–Crippen MR) is 116 cm³/mol. The maximum atomic E-state index is 13.9. The number of aliphatic carboxylic acids is 1. The van der Waals surface area contributed by atoms with Gasteiger partial charge in [-0.1, -0.05) is 19.1 Å². The average molecular weight is 426 g/mol. The first kappa shape index (κ1) is 20.5. The third-order valence-corrected chi connectivity index (χ3v) is 6.72. The SMILES string of the molecule is CCC(C(=O)O)c1ccc(OCc2cc(F)ccc2-c2nc3c(s2)CCCC3)cc1. The molecule has 156 valence electrons. The second-order valence-corrected chi connectivity index (χ2v) is 8.64. The summed E-state index contributed by atoms with van der Waals surface area (Å²) < 4.78 is 19.8. The molecule has 2 aromatic carbocycles. The Balaban J connectivity index is 1.53. The third-order valence-electron chi connectivity index (χ3n) is 5.53. The minimum Gasteiger partial charge on any atom is -0.489 e. The number of carboxylic acids is 1. The summed E-state index contributed by atoms with van der Waals surface area (Å²) in [5.74, 6) is -1.04. The van der Waals surface area contributed by atoms with Crippen LogP contribution in [0.5, 0.6) is 5.75 Å². The number of ether oxygens (including phenoxy) is 1. The summed E-state index contributed by atoms with van der Waals surface area (Å²) in [6.07, 6.45) is 4.98. The topological polar surface area (TPSA) is 59.4 Å². The van der Waals surface area contributed by atoms with Gasteiger partial charge in [-0.2, -0.15) is 0 Å². The number of carboxylic acid groups (broad SMARTS) is 1. The predicted octanol–water partition coefficient (Wildman–Crippen LogP) is 5.99. The number of fused-ring (bicyclic) bond motifs is 1. The second-order valence-electron chi connectivity index (χ2n) is 7.55. The van der Waals surface area contributed by atoms with E-state index in [2.05, 4.69) is 0 Å². The van der Waals surface area contributed by atoms with Crippen LogP contribution in [-0.4, -0.2) is 16.1 Å². The van der Waals surface area contributed by atoms with Gasteiger partial charge in [0.05, 0.1) is 11.6 Å². The number of halogens is 1. The summed E-state index contributed by atoms with van der Waals surface area (Å²) in [5.41, 5.74) is 3.58. The lowest BCUT2D eigenvalue weighted by Crippen LogP contribution is -2.10. The molecular formula is C24H24FNO3S. The highest BCUT2D eigenvalue weighted by molar-refractivity contribution is 7.15. The molecule has 0 amide bonds. The summed E-state index contributed by atoms with van der Waals surface area (Å²) in [6.45, 7) is 2.07. The Labute approximate surface area is 179 Å². The molecule has 1 N–H and O–H groups in total. The molecule has 1 aliphatic rings. The van der Waals surface area contributed by atoms with Crippen molar-refractivity contribution in [2.24, 2.45) is 0 Å². The van der Waals surface area contributed by atoms with Gasteiger partial charge in [0.1, 0.15) is 23.2 Å². The van der Waals surface area contributed by atoms with Gasteiger partial charge >= 0.3 is 5.97 Å². The van der Waals surface area contributed by atoms with Gasteiger partial charge in [0.15, 0.2) is 0 Å². The molecule has 6 heteroatoms. The maximum absolute atomic E-state index is 13.9. The Morgan fingerprint density at radius 1 is 1.20 bits per heavy atom. The fraction of sp³-hybridized carbons (Fsp3) is 0.333. The van der Waals surface area contributed by atoms with Gasteiger partial charge in [-0.3, -0.25) is 4.79 Å². The van der Waals surface area contributed by atoms with Gasteiger partial charge in [0, 0.05) is 16.0 Å². The Kier molecular flexibility index (Phi) is 6.13. The summed E-state index contributed by atoms with van der Waals surface area (Å²) >= 11 is 1.70. The molecular weight excluding hydrogens is 401 g/mol. The van der Waals surface area contributed by atoms with E-state index in [1.807, 2.05) is 6.92 Å². The molecule has 4 rings (SSSR count). The fourth-order valence-electron chi connectivity index (χ4n) is 3.87. The van der Waals surface area contributed by atoms with Crippen LogP contribution in [0.3, 0.4) is 0 Å². The van der Waals surface area contributed by atoms with Crippen LogP contribution in [0.4, 0.5) is 4.39 Å². The smallest absolute Gasteiger partial charge is 0.310 e. The molecule has 4 nitrogen and oxygen atoms in total. The molecule has 1 aromatic heterocycles. The first-order valence-electron chi connectivity index (χ1n) is 10.3. The van der Waals surface area contributed by atoms with Crippen LogP contribution in [0.2, 0.25) is 0 Å². The minimum absolute atomic E-state index is 0.215. The van der Waals surface area contributed by atoms with E-state index in [0.717, 1.165) is 34.5 Å². The molecule has 0 saturated heterocycles. The number of thiazole rings is 1. The molecule has 1 atom stereocenters. The second kappa shape index (κ2) is 8.96. The lowest BCUT2D eigenvalue weighted by atomic mass is 9.97. The van der Waals surface area contributed by atoms with Crippen LogP contribution in [0.25, 0.3) is 10.6 Å². The van der Waals surface area contributed by atoms with Gasteiger partial charge < -0.3 is 9.84 Å². The Bertz CT molecular complexity index is 1020. The van der Waals surface area contributed by atoms with Crippen molar-refractivity contribution < 1.29 is 19.0 Å².